The highest BCUT2D eigenvalue weighted by molar-refractivity contribution is 9.10. The van der Waals surface area contributed by atoms with Crippen molar-refractivity contribution in [1.82, 2.24) is 4.98 Å². The topological polar surface area (TPSA) is 33.1 Å². The maximum atomic E-state index is 14.0. The predicted molar refractivity (Wildman–Crippen MR) is 86.5 cm³/mol. The lowest BCUT2D eigenvalue weighted by atomic mass is 10.1. The number of aliphatic hydroxyl groups excluding tert-OH is 1. The average Bonchev–Trinajstić information content (AvgIpc) is 2.48. The Hall–Kier alpha value is -1.35. The van der Waals surface area contributed by atoms with Gasteiger partial charge in [0.05, 0.1) is 11.6 Å². The molecule has 1 N–H and O–H groups in total. The van der Waals surface area contributed by atoms with Gasteiger partial charge in [-0.05, 0) is 45.8 Å². The molecule has 108 valence electrons. The third-order valence-corrected chi connectivity index (χ3v) is 4.06. The molecule has 0 unspecified atom stereocenters. The first kappa shape index (κ1) is 16.0. The number of pyridine rings is 1. The van der Waals surface area contributed by atoms with Gasteiger partial charge in [0.2, 0.25) is 0 Å². The fourth-order valence-corrected chi connectivity index (χ4v) is 2.63. The van der Waals surface area contributed by atoms with Gasteiger partial charge in [-0.25, -0.2) is 9.37 Å². The summed E-state index contributed by atoms with van der Waals surface area (Å²) in [5.41, 5.74) is 1.24. The van der Waals surface area contributed by atoms with Crippen LogP contribution < -0.4 is 0 Å². The molecule has 2 aromatic rings. The van der Waals surface area contributed by atoms with Crippen LogP contribution in [0.1, 0.15) is 17.5 Å². The lowest BCUT2D eigenvalue weighted by molar-refractivity contribution is 0.305. The smallest absolute Gasteiger partial charge is 0.128 e. The highest BCUT2D eigenvalue weighted by Crippen LogP contribution is 2.23. The molecule has 0 bridgehead atoms. The van der Waals surface area contributed by atoms with Crippen LogP contribution in [-0.4, -0.2) is 16.7 Å². The molecule has 0 radical (unpaired) electrons. The van der Waals surface area contributed by atoms with Gasteiger partial charge in [-0.3, -0.25) is 0 Å². The highest BCUT2D eigenvalue weighted by Gasteiger charge is 2.04. The number of aliphatic hydroxyl groups is 1. The van der Waals surface area contributed by atoms with E-state index in [1.165, 1.54) is 17.8 Å². The third-order valence-electron chi connectivity index (χ3n) is 2.60. The molecular weight excluding hydrogens is 353 g/mol. The Labute approximate surface area is 135 Å². The van der Waals surface area contributed by atoms with E-state index in [1.54, 1.807) is 18.3 Å². The molecule has 1 aromatic heterocycles. The van der Waals surface area contributed by atoms with Crippen LogP contribution in [0.2, 0.25) is 0 Å². The summed E-state index contributed by atoms with van der Waals surface area (Å²) in [6.07, 6.45) is 2.12. The van der Waals surface area contributed by atoms with E-state index in [-0.39, 0.29) is 12.4 Å². The SMILES string of the molecule is OCCC#Cc1ccc(CSc2ccc(Br)cn2)c(F)c1. The van der Waals surface area contributed by atoms with E-state index >= 15 is 0 Å². The van der Waals surface area contributed by atoms with Crippen LogP contribution in [0.3, 0.4) is 0 Å². The number of nitrogens with zero attached hydrogens (tertiary/aromatic N) is 1. The van der Waals surface area contributed by atoms with E-state index in [1.807, 2.05) is 12.1 Å². The molecular formula is C16H13BrFNOS. The number of hydrogen-bond acceptors (Lipinski definition) is 3. The van der Waals surface area contributed by atoms with Crippen molar-refractivity contribution in [2.45, 2.75) is 17.2 Å². The molecule has 0 aliphatic rings. The van der Waals surface area contributed by atoms with E-state index in [0.717, 1.165) is 9.50 Å². The Balaban J connectivity index is 2.01. The number of thioether (sulfide) groups is 1. The van der Waals surface area contributed by atoms with Crippen LogP contribution in [0.4, 0.5) is 4.39 Å². The van der Waals surface area contributed by atoms with Gasteiger partial charge in [-0.15, -0.1) is 11.8 Å². The van der Waals surface area contributed by atoms with Gasteiger partial charge in [-0.2, -0.15) is 0 Å². The first-order valence-corrected chi connectivity index (χ1v) is 8.09. The van der Waals surface area contributed by atoms with Crippen LogP contribution in [-0.2, 0) is 5.75 Å². The molecule has 0 fully saturated rings. The zero-order valence-corrected chi connectivity index (χ0v) is 13.5. The van der Waals surface area contributed by atoms with Crippen molar-refractivity contribution in [3.63, 3.8) is 0 Å². The molecule has 0 amide bonds. The van der Waals surface area contributed by atoms with Gasteiger partial charge in [0.15, 0.2) is 0 Å². The molecule has 21 heavy (non-hydrogen) atoms. The van der Waals surface area contributed by atoms with Crippen LogP contribution in [0.25, 0.3) is 0 Å². The Morgan fingerprint density at radius 3 is 2.81 bits per heavy atom. The maximum absolute atomic E-state index is 14.0. The molecule has 1 heterocycles. The van der Waals surface area contributed by atoms with Crippen LogP contribution in [0.15, 0.2) is 46.0 Å². The molecule has 0 atom stereocenters. The summed E-state index contributed by atoms with van der Waals surface area (Å²) in [5, 5.41) is 9.50. The summed E-state index contributed by atoms with van der Waals surface area (Å²) < 4.78 is 14.9. The quantitative estimate of drug-likeness (QED) is 0.656. The zero-order chi connectivity index (χ0) is 15.1. The molecule has 5 heteroatoms. The summed E-state index contributed by atoms with van der Waals surface area (Å²) in [6, 6.07) is 8.75. The Morgan fingerprint density at radius 1 is 1.29 bits per heavy atom. The van der Waals surface area contributed by atoms with E-state index in [0.29, 0.717) is 23.3 Å². The standard InChI is InChI=1S/C16H13BrFNOS/c17-14-6-7-16(19-10-14)21-11-13-5-4-12(9-15(13)18)3-1-2-8-20/h4-7,9-10,20H,2,8,11H2. The Morgan fingerprint density at radius 2 is 2.14 bits per heavy atom. The molecule has 2 rings (SSSR count). The van der Waals surface area contributed by atoms with Crippen molar-refractivity contribution in [3.05, 3.63) is 57.9 Å². The van der Waals surface area contributed by atoms with Gasteiger partial charge in [0.25, 0.3) is 0 Å². The number of aromatic nitrogens is 1. The molecule has 0 saturated carbocycles. The fraction of sp³-hybridized carbons (Fsp3) is 0.188. The second kappa shape index (κ2) is 8.18. The average molecular weight is 366 g/mol. The number of hydrogen-bond donors (Lipinski definition) is 1. The number of rotatable bonds is 4. The summed E-state index contributed by atoms with van der Waals surface area (Å²) in [4.78, 5) is 4.24. The molecule has 1 aromatic carbocycles. The Bertz CT molecular complexity index is 664. The summed E-state index contributed by atoms with van der Waals surface area (Å²) in [5.74, 6) is 5.84. The van der Waals surface area contributed by atoms with Gasteiger partial charge < -0.3 is 5.11 Å². The molecule has 2 nitrogen and oxygen atoms in total. The van der Waals surface area contributed by atoms with Crippen molar-refractivity contribution < 1.29 is 9.50 Å². The minimum Gasteiger partial charge on any atom is -0.395 e. The monoisotopic (exact) mass is 365 g/mol. The summed E-state index contributed by atoms with van der Waals surface area (Å²) in [7, 11) is 0. The number of benzene rings is 1. The van der Waals surface area contributed by atoms with Gasteiger partial charge in [0, 0.05) is 28.4 Å². The highest BCUT2D eigenvalue weighted by atomic mass is 79.9. The van der Waals surface area contributed by atoms with Crippen LogP contribution in [0.5, 0.6) is 0 Å². The fourth-order valence-electron chi connectivity index (χ4n) is 1.56. The summed E-state index contributed by atoms with van der Waals surface area (Å²) >= 11 is 4.81. The lowest BCUT2D eigenvalue weighted by Gasteiger charge is -2.04. The van der Waals surface area contributed by atoms with Crippen molar-refractivity contribution in [2.24, 2.45) is 0 Å². The predicted octanol–water partition coefficient (Wildman–Crippen LogP) is 4.01. The van der Waals surface area contributed by atoms with E-state index in [4.69, 9.17) is 5.11 Å². The van der Waals surface area contributed by atoms with Crippen LogP contribution in [0, 0.1) is 17.7 Å². The number of halogens is 2. The van der Waals surface area contributed by atoms with Crippen molar-refractivity contribution in [2.75, 3.05) is 6.61 Å². The van der Waals surface area contributed by atoms with Crippen molar-refractivity contribution in [3.8, 4) is 11.8 Å². The van der Waals surface area contributed by atoms with Crippen molar-refractivity contribution >= 4 is 27.7 Å². The Kier molecular flexibility index (Phi) is 6.24. The van der Waals surface area contributed by atoms with Crippen molar-refractivity contribution in [1.29, 1.82) is 0 Å². The summed E-state index contributed by atoms with van der Waals surface area (Å²) in [6.45, 7) is 0.0182. The largest absolute Gasteiger partial charge is 0.395 e. The molecule has 0 spiro atoms. The first-order valence-electron chi connectivity index (χ1n) is 6.31. The van der Waals surface area contributed by atoms with E-state index < -0.39 is 0 Å². The first-order chi connectivity index (χ1) is 10.2. The van der Waals surface area contributed by atoms with Gasteiger partial charge >= 0.3 is 0 Å². The van der Waals surface area contributed by atoms with E-state index in [2.05, 4.69) is 32.8 Å². The molecule has 0 saturated heterocycles. The lowest BCUT2D eigenvalue weighted by Crippen LogP contribution is -1.90. The zero-order valence-electron chi connectivity index (χ0n) is 11.1. The molecule has 0 aliphatic heterocycles. The maximum Gasteiger partial charge on any atom is 0.128 e. The van der Waals surface area contributed by atoms with Gasteiger partial charge in [0.1, 0.15) is 5.82 Å². The third kappa shape index (κ3) is 5.16. The van der Waals surface area contributed by atoms with Gasteiger partial charge in [-0.1, -0.05) is 17.9 Å². The normalized spacial score (nSPS) is 10.0. The molecule has 0 aliphatic carbocycles. The second-order valence-electron chi connectivity index (χ2n) is 4.18. The second-order valence-corrected chi connectivity index (χ2v) is 6.10. The minimum absolute atomic E-state index is 0.0182. The van der Waals surface area contributed by atoms with E-state index in [9.17, 15) is 4.39 Å². The van der Waals surface area contributed by atoms with Crippen LogP contribution >= 0.6 is 27.7 Å². The minimum atomic E-state index is -0.268.